The van der Waals surface area contributed by atoms with Gasteiger partial charge in [0.2, 0.25) is 5.43 Å². The Kier molecular flexibility index (Phi) is 4.00. The highest BCUT2D eigenvalue weighted by atomic mass is 32.1. The molecular formula is C20H17FN2O2S. The Labute approximate surface area is 152 Å². The van der Waals surface area contributed by atoms with E-state index in [9.17, 15) is 14.0 Å². The topological polar surface area (TPSA) is 54.9 Å². The molecule has 2 aromatic carbocycles. The van der Waals surface area contributed by atoms with Crippen molar-refractivity contribution in [3.63, 3.8) is 0 Å². The summed E-state index contributed by atoms with van der Waals surface area (Å²) in [4.78, 5) is 25.6. The van der Waals surface area contributed by atoms with E-state index in [0.717, 1.165) is 23.5 Å². The Morgan fingerprint density at radius 3 is 2.62 bits per heavy atom. The Balaban J connectivity index is 2.20. The Morgan fingerprint density at radius 2 is 1.92 bits per heavy atom. The maximum atomic E-state index is 14.8. The first-order chi connectivity index (χ1) is 12.5. The van der Waals surface area contributed by atoms with E-state index in [0.29, 0.717) is 15.9 Å². The van der Waals surface area contributed by atoms with Crippen LogP contribution in [0.2, 0.25) is 0 Å². The predicted molar refractivity (Wildman–Crippen MR) is 105 cm³/mol. The number of aromatic amines is 1. The zero-order chi connectivity index (χ0) is 18.4. The second kappa shape index (κ2) is 6.21. The fourth-order valence-corrected chi connectivity index (χ4v) is 4.27. The van der Waals surface area contributed by atoms with E-state index in [1.54, 1.807) is 6.07 Å². The first kappa shape index (κ1) is 16.7. The summed E-state index contributed by atoms with van der Waals surface area (Å²) in [6, 6.07) is 12.3. The highest BCUT2D eigenvalue weighted by Crippen LogP contribution is 2.31. The summed E-state index contributed by atoms with van der Waals surface area (Å²) in [5.41, 5.74) is 0.999. The van der Waals surface area contributed by atoms with Gasteiger partial charge in [-0.25, -0.2) is 4.39 Å². The summed E-state index contributed by atoms with van der Waals surface area (Å²) >= 11 is 1.15. The Morgan fingerprint density at radius 1 is 1.19 bits per heavy atom. The number of nitrogens with one attached hydrogen (secondary N) is 1. The first-order valence-corrected chi connectivity index (χ1v) is 9.29. The van der Waals surface area contributed by atoms with Crippen LogP contribution < -0.4 is 11.0 Å². The molecule has 0 spiro atoms. The van der Waals surface area contributed by atoms with E-state index in [2.05, 4.69) is 4.37 Å². The van der Waals surface area contributed by atoms with Gasteiger partial charge >= 0.3 is 0 Å². The van der Waals surface area contributed by atoms with Crippen molar-refractivity contribution in [3.8, 4) is 11.1 Å². The molecule has 0 radical (unpaired) electrons. The molecule has 4 aromatic rings. The molecule has 0 saturated heterocycles. The molecule has 1 atom stereocenters. The van der Waals surface area contributed by atoms with Crippen LogP contribution in [0.1, 0.15) is 26.3 Å². The van der Waals surface area contributed by atoms with Crippen molar-refractivity contribution in [3.05, 3.63) is 68.9 Å². The summed E-state index contributed by atoms with van der Waals surface area (Å²) < 4.78 is 19.4. The Bertz CT molecular complexity index is 1240. The molecule has 2 aromatic heterocycles. The van der Waals surface area contributed by atoms with Gasteiger partial charge in [0, 0.05) is 17.0 Å². The maximum Gasteiger partial charge on any atom is 0.271 e. The first-order valence-electron chi connectivity index (χ1n) is 8.47. The number of aromatic nitrogens is 2. The van der Waals surface area contributed by atoms with Crippen molar-refractivity contribution in [1.82, 2.24) is 8.94 Å². The van der Waals surface area contributed by atoms with Gasteiger partial charge in [-0.15, -0.1) is 0 Å². The molecule has 4 rings (SSSR count). The molecule has 26 heavy (non-hydrogen) atoms. The number of hydrogen-bond acceptors (Lipinski definition) is 3. The molecule has 1 unspecified atom stereocenters. The van der Waals surface area contributed by atoms with Gasteiger partial charge in [0.15, 0.2) is 0 Å². The molecule has 0 saturated carbocycles. The van der Waals surface area contributed by atoms with Gasteiger partial charge in [0.25, 0.3) is 5.56 Å². The van der Waals surface area contributed by atoms with Crippen LogP contribution in [-0.2, 0) is 0 Å². The average molecular weight is 368 g/mol. The normalized spacial score (nSPS) is 12.7. The third-order valence-electron chi connectivity index (χ3n) is 4.83. The molecule has 0 aliphatic heterocycles. The number of hydrogen-bond donors (Lipinski definition) is 1. The van der Waals surface area contributed by atoms with E-state index < -0.39 is 16.8 Å². The van der Waals surface area contributed by atoms with Gasteiger partial charge < -0.3 is 4.57 Å². The predicted octanol–water partition coefficient (Wildman–Crippen LogP) is 4.68. The lowest BCUT2D eigenvalue weighted by Gasteiger charge is -2.19. The standard InChI is InChI=1S/C20H17FN2O2S/c1-3-11(2)23-16-10-13(12-7-5-4-6-8-12)15(21)9-14(16)18(24)17-19(25)22-26-20(17)23/h4-11H,3H2,1-2H3,(H,22,25). The molecule has 1 N–H and O–H groups in total. The van der Waals surface area contributed by atoms with Crippen molar-refractivity contribution < 1.29 is 4.39 Å². The molecule has 0 aliphatic carbocycles. The van der Waals surface area contributed by atoms with Crippen LogP contribution in [0.3, 0.4) is 0 Å². The number of nitrogens with zero attached hydrogens (tertiary/aromatic N) is 1. The largest absolute Gasteiger partial charge is 0.328 e. The number of H-pyrrole nitrogens is 1. The molecule has 0 fully saturated rings. The SMILES string of the molecule is CCC(C)n1c2cc(-c3ccccc3)c(F)cc2c(=O)c2c(=O)[nH]sc21. The zero-order valence-electron chi connectivity index (χ0n) is 14.4. The van der Waals surface area contributed by atoms with Crippen molar-refractivity contribution in [2.45, 2.75) is 26.3 Å². The minimum Gasteiger partial charge on any atom is -0.328 e. The summed E-state index contributed by atoms with van der Waals surface area (Å²) in [6.45, 7) is 4.07. The molecule has 2 heterocycles. The third kappa shape index (κ3) is 2.41. The van der Waals surface area contributed by atoms with Crippen LogP contribution >= 0.6 is 11.5 Å². The number of pyridine rings is 1. The zero-order valence-corrected chi connectivity index (χ0v) is 15.2. The van der Waals surface area contributed by atoms with Crippen molar-refractivity contribution in [1.29, 1.82) is 0 Å². The highest BCUT2D eigenvalue weighted by Gasteiger charge is 2.20. The fraction of sp³-hybridized carbons (Fsp3) is 0.200. The van der Waals surface area contributed by atoms with Crippen LogP contribution in [0, 0.1) is 5.82 Å². The monoisotopic (exact) mass is 368 g/mol. The van der Waals surface area contributed by atoms with Crippen molar-refractivity contribution in [2.75, 3.05) is 0 Å². The summed E-state index contributed by atoms with van der Waals surface area (Å²) in [5.74, 6) is -0.470. The number of benzene rings is 2. The van der Waals surface area contributed by atoms with Crippen LogP contribution in [0.15, 0.2) is 52.1 Å². The van der Waals surface area contributed by atoms with Crippen LogP contribution in [0.25, 0.3) is 32.2 Å². The highest BCUT2D eigenvalue weighted by molar-refractivity contribution is 7.12. The fourth-order valence-electron chi connectivity index (χ4n) is 3.31. The lowest BCUT2D eigenvalue weighted by atomic mass is 10.0. The van der Waals surface area contributed by atoms with Crippen LogP contribution in [0.5, 0.6) is 0 Å². The lowest BCUT2D eigenvalue weighted by molar-refractivity contribution is 0.562. The second-order valence-electron chi connectivity index (χ2n) is 6.39. The average Bonchev–Trinajstić information content (AvgIpc) is 3.04. The summed E-state index contributed by atoms with van der Waals surface area (Å²) in [6.07, 6.45) is 0.817. The van der Waals surface area contributed by atoms with E-state index >= 15 is 0 Å². The lowest BCUT2D eigenvalue weighted by Crippen LogP contribution is -2.17. The van der Waals surface area contributed by atoms with E-state index in [1.807, 2.05) is 48.7 Å². The minimum atomic E-state index is -0.470. The minimum absolute atomic E-state index is 0.0566. The molecule has 6 heteroatoms. The van der Waals surface area contributed by atoms with Gasteiger partial charge in [-0.3, -0.25) is 14.0 Å². The molecule has 0 amide bonds. The molecule has 132 valence electrons. The third-order valence-corrected chi connectivity index (χ3v) is 5.71. The molecular weight excluding hydrogens is 351 g/mol. The second-order valence-corrected chi connectivity index (χ2v) is 7.18. The number of fused-ring (bicyclic) bond motifs is 2. The maximum absolute atomic E-state index is 14.8. The smallest absolute Gasteiger partial charge is 0.271 e. The van der Waals surface area contributed by atoms with Gasteiger partial charge in [0.1, 0.15) is 16.0 Å². The number of halogens is 1. The molecule has 0 bridgehead atoms. The quantitative estimate of drug-likeness (QED) is 0.571. The van der Waals surface area contributed by atoms with Crippen molar-refractivity contribution in [2.24, 2.45) is 0 Å². The van der Waals surface area contributed by atoms with E-state index in [1.165, 1.54) is 6.07 Å². The molecule has 0 aliphatic rings. The van der Waals surface area contributed by atoms with Crippen LogP contribution in [-0.4, -0.2) is 8.94 Å². The van der Waals surface area contributed by atoms with Gasteiger partial charge in [-0.1, -0.05) is 37.3 Å². The van der Waals surface area contributed by atoms with Crippen LogP contribution in [0.4, 0.5) is 4.39 Å². The van der Waals surface area contributed by atoms with Gasteiger partial charge in [-0.2, -0.15) is 0 Å². The summed E-state index contributed by atoms with van der Waals surface area (Å²) in [7, 11) is 0. The van der Waals surface area contributed by atoms with Gasteiger partial charge in [0.05, 0.1) is 5.52 Å². The molecule has 4 nitrogen and oxygen atoms in total. The van der Waals surface area contributed by atoms with E-state index in [-0.39, 0.29) is 16.8 Å². The van der Waals surface area contributed by atoms with Crippen molar-refractivity contribution >= 4 is 32.7 Å². The number of rotatable bonds is 3. The Hall–Kier alpha value is -2.73. The van der Waals surface area contributed by atoms with Gasteiger partial charge in [-0.05, 0) is 42.6 Å². The van der Waals surface area contributed by atoms with E-state index in [4.69, 9.17) is 0 Å². The summed E-state index contributed by atoms with van der Waals surface area (Å²) in [5, 5.41) is 0.341.